The van der Waals surface area contributed by atoms with Crippen LogP contribution in [0, 0.1) is 11.3 Å². The van der Waals surface area contributed by atoms with Crippen LogP contribution in [0.3, 0.4) is 0 Å². The Kier molecular flexibility index (Phi) is 5.31. The molecule has 1 aromatic heterocycles. The second kappa shape index (κ2) is 7.81. The van der Waals surface area contributed by atoms with E-state index in [9.17, 15) is 0 Å². The molecule has 1 aliphatic rings. The van der Waals surface area contributed by atoms with Crippen molar-refractivity contribution in [3.63, 3.8) is 0 Å². The summed E-state index contributed by atoms with van der Waals surface area (Å²) >= 11 is 0. The highest BCUT2D eigenvalue weighted by atomic mass is 16.5. The third-order valence-electron chi connectivity index (χ3n) is 4.29. The molecule has 0 spiro atoms. The van der Waals surface area contributed by atoms with Crippen LogP contribution < -0.4 is 14.4 Å². The van der Waals surface area contributed by atoms with Gasteiger partial charge in [0.2, 0.25) is 5.95 Å². The fraction of sp³-hybridized carbons (Fsp3) is 0.389. The molecule has 1 saturated heterocycles. The van der Waals surface area contributed by atoms with E-state index in [-0.39, 0.29) is 0 Å². The van der Waals surface area contributed by atoms with Gasteiger partial charge in [-0.3, -0.25) is 4.90 Å². The second-order valence-electron chi connectivity index (χ2n) is 5.79. The molecule has 25 heavy (non-hydrogen) atoms. The summed E-state index contributed by atoms with van der Waals surface area (Å²) in [6, 6.07) is 9.53. The van der Waals surface area contributed by atoms with Crippen LogP contribution in [0.1, 0.15) is 11.3 Å². The zero-order chi connectivity index (χ0) is 17.6. The molecule has 3 rings (SSSR count). The van der Waals surface area contributed by atoms with Gasteiger partial charge in [0.1, 0.15) is 23.3 Å². The molecule has 0 radical (unpaired) electrons. The molecular weight excluding hydrogens is 318 g/mol. The van der Waals surface area contributed by atoms with Gasteiger partial charge in [0.25, 0.3) is 0 Å². The number of methoxy groups -OCH3 is 2. The summed E-state index contributed by atoms with van der Waals surface area (Å²) in [4.78, 5) is 13.0. The van der Waals surface area contributed by atoms with E-state index in [1.807, 2.05) is 18.2 Å². The maximum absolute atomic E-state index is 8.97. The summed E-state index contributed by atoms with van der Waals surface area (Å²) < 4.78 is 10.8. The van der Waals surface area contributed by atoms with Crippen LogP contribution in [-0.2, 0) is 6.54 Å². The Labute approximate surface area is 147 Å². The highest BCUT2D eigenvalue weighted by Gasteiger charge is 2.20. The number of anilines is 1. The molecule has 2 heterocycles. The topological polar surface area (TPSA) is 74.5 Å². The van der Waals surface area contributed by atoms with Gasteiger partial charge in [-0.25, -0.2) is 9.97 Å². The summed E-state index contributed by atoms with van der Waals surface area (Å²) in [5, 5.41) is 8.97. The third kappa shape index (κ3) is 3.98. The van der Waals surface area contributed by atoms with E-state index in [4.69, 9.17) is 14.7 Å². The number of benzene rings is 1. The third-order valence-corrected chi connectivity index (χ3v) is 4.29. The molecular formula is C18H21N5O2. The number of nitriles is 1. The SMILES string of the molecule is COc1ccc(OC)c(CN2CCN(c3nccc(C#N)n3)CC2)c1. The van der Waals surface area contributed by atoms with Crippen molar-refractivity contribution in [1.82, 2.24) is 14.9 Å². The highest BCUT2D eigenvalue weighted by molar-refractivity contribution is 5.40. The lowest BCUT2D eigenvalue weighted by atomic mass is 10.1. The van der Waals surface area contributed by atoms with E-state index >= 15 is 0 Å². The molecule has 0 unspecified atom stereocenters. The Bertz CT molecular complexity index is 766. The number of piperazine rings is 1. The van der Waals surface area contributed by atoms with Crippen molar-refractivity contribution < 1.29 is 9.47 Å². The number of ether oxygens (including phenoxy) is 2. The van der Waals surface area contributed by atoms with E-state index in [1.54, 1.807) is 26.5 Å². The summed E-state index contributed by atoms with van der Waals surface area (Å²) in [6.07, 6.45) is 1.63. The van der Waals surface area contributed by atoms with Gasteiger partial charge >= 0.3 is 0 Å². The Balaban J connectivity index is 1.64. The standard InChI is InChI=1S/C18H21N5O2/c1-24-16-3-4-17(25-2)14(11-16)13-22-7-9-23(10-8-22)18-20-6-5-15(12-19)21-18/h3-6,11H,7-10,13H2,1-2H3. The number of hydrogen-bond acceptors (Lipinski definition) is 7. The molecule has 0 saturated carbocycles. The van der Waals surface area contributed by atoms with Gasteiger partial charge < -0.3 is 14.4 Å². The maximum atomic E-state index is 8.97. The Hall–Kier alpha value is -2.85. The van der Waals surface area contributed by atoms with Gasteiger partial charge in [-0.15, -0.1) is 0 Å². The summed E-state index contributed by atoms with van der Waals surface area (Å²) in [5.41, 5.74) is 1.51. The number of nitrogens with zero attached hydrogens (tertiary/aromatic N) is 5. The monoisotopic (exact) mass is 339 g/mol. The van der Waals surface area contributed by atoms with Crippen molar-refractivity contribution >= 4 is 5.95 Å². The normalized spacial score (nSPS) is 14.8. The van der Waals surface area contributed by atoms with Crippen molar-refractivity contribution in [3.05, 3.63) is 41.7 Å². The summed E-state index contributed by atoms with van der Waals surface area (Å²) in [7, 11) is 3.35. The lowest BCUT2D eigenvalue weighted by Crippen LogP contribution is -2.46. The Morgan fingerprint density at radius 1 is 1.12 bits per heavy atom. The van der Waals surface area contributed by atoms with Crippen LogP contribution in [0.25, 0.3) is 0 Å². The summed E-state index contributed by atoms with van der Waals surface area (Å²) in [6.45, 7) is 4.22. The minimum atomic E-state index is 0.397. The number of hydrogen-bond donors (Lipinski definition) is 0. The van der Waals surface area contributed by atoms with Crippen LogP contribution in [-0.4, -0.2) is 55.3 Å². The molecule has 7 heteroatoms. The minimum Gasteiger partial charge on any atom is -0.497 e. The van der Waals surface area contributed by atoms with Gasteiger partial charge in [-0.05, 0) is 24.3 Å². The predicted molar refractivity (Wildman–Crippen MR) is 93.8 cm³/mol. The zero-order valence-electron chi connectivity index (χ0n) is 14.5. The lowest BCUT2D eigenvalue weighted by molar-refractivity contribution is 0.244. The van der Waals surface area contributed by atoms with E-state index < -0.39 is 0 Å². The lowest BCUT2D eigenvalue weighted by Gasteiger charge is -2.34. The molecule has 0 N–H and O–H groups in total. The first-order chi connectivity index (χ1) is 12.2. The molecule has 1 aliphatic heterocycles. The van der Waals surface area contributed by atoms with Crippen LogP contribution in [0.15, 0.2) is 30.5 Å². The van der Waals surface area contributed by atoms with Crippen molar-refractivity contribution in [3.8, 4) is 17.6 Å². The molecule has 0 aliphatic carbocycles. The number of rotatable bonds is 5. The first kappa shape index (κ1) is 17.0. The number of aromatic nitrogens is 2. The first-order valence-corrected chi connectivity index (χ1v) is 8.15. The van der Waals surface area contributed by atoms with E-state index in [0.29, 0.717) is 11.6 Å². The molecule has 1 aromatic carbocycles. The van der Waals surface area contributed by atoms with Crippen molar-refractivity contribution in [2.45, 2.75) is 6.54 Å². The van der Waals surface area contributed by atoms with Gasteiger partial charge in [0.05, 0.1) is 14.2 Å². The van der Waals surface area contributed by atoms with E-state index in [2.05, 4.69) is 25.8 Å². The van der Waals surface area contributed by atoms with Gasteiger partial charge in [0.15, 0.2) is 0 Å². The second-order valence-corrected chi connectivity index (χ2v) is 5.79. The van der Waals surface area contributed by atoms with Crippen LogP contribution in [0.2, 0.25) is 0 Å². The average molecular weight is 339 g/mol. The molecule has 0 atom stereocenters. The summed E-state index contributed by atoms with van der Waals surface area (Å²) in [5.74, 6) is 2.32. The average Bonchev–Trinajstić information content (AvgIpc) is 2.68. The van der Waals surface area contributed by atoms with Crippen molar-refractivity contribution in [2.24, 2.45) is 0 Å². The quantitative estimate of drug-likeness (QED) is 0.820. The molecule has 0 bridgehead atoms. The van der Waals surface area contributed by atoms with Gasteiger partial charge in [0, 0.05) is 44.5 Å². The zero-order valence-corrected chi connectivity index (χ0v) is 14.5. The fourth-order valence-electron chi connectivity index (χ4n) is 2.92. The molecule has 0 amide bonds. The van der Waals surface area contributed by atoms with Gasteiger partial charge in [-0.2, -0.15) is 5.26 Å². The first-order valence-electron chi connectivity index (χ1n) is 8.15. The largest absolute Gasteiger partial charge is 0.497 e. The van der Waals surface area contributed by atoms with E-state index in [1.165, 1.54) is 0 Å². The van der Waals surface area contributed by atoms with Crippen molar-refractivity contribution in [1.29, 1.82) is 5.26 Å². The Morgan fingerprint density at radius 3 is 2.60 bits per heavy atom. The van der Waals surface area contributed by atoms with Gasteiger partial charge in [-0.1, -0.05) is 0 Å². The van der Waals surface area contributed by atoms with Crippen LogP contribution >= 0.6 is 0 Å². The smallest absolute Gasteiger partial charge is 0.226 e. The molecule has 7 nitrogen and oxygen atoms in total. The predicted octanol–water partition coefficient (Wildman–Crippen LogP) is 1.69. The Morgan fingerprint density at radius 2 is 1.92 bits per heavy atom. The van der Waals surface area contributed by atoms with Crippen LogP contribution in [0.4, 0.5) is 5.95 Å². The maximum Gasteiger partial charge on any atom is 0.226 e. The molecule has 1 fully saturated rings. The van der Waals surface area contributed by atoms with Crippen LogP contribution in [0.5, 0.6) is 11.5 Å². The molecule has 130 valence electrons. The minimum absolute atomic E-state index is 0.397. The fourth-order valence-corrected chi connectivity index (χ4v) is 2.92. The molecule has 2 aromatic rings. The van der Waals surface area contributed by atoms with Crippen molar-refractivity contribution in [2.75, 3.05) is 45.3 Å². The van der Waals surface area contributed by atoms with E-state index in [0.717, 1.165) is 49.8 Å². The highest BCUT2D eigenvalue weighted by Crippen LogP contribution is 2.25.